The highest BCUT2D eigenvalue weighted by Gasteiger charge is 2.20. The summed E-state index contributed by atoms with van der Waals surface area (Å²) in [6.45, 7) is 3.92. The van der Waals surface area contributed by atoms with Gasteiger partial charge in [0.25, 0.3) is 5.91 Å². The fraction of sp³-hybridized carbons (Fsp3) is 0.200. The van der Waals surface area contributed by atoms with Crippen LogP contribution in [-0.4, -0.2) is 40.4 Å². The molecular weight excluding hydrogens is 392 g/mol. The van der Waals surface area contributed by atoms with E-state index in [2.05, 4.69) is 21.9 Å². The minimum Gasteiger partial charge on any atom is -0.364 e. The van der Waals surface area contributed by atoms with E-state index in [-0.39, 0.29) is 30.7 Å². The Labute approximate surface area is 169 Å². The quantitative estimate of drug-likeness (QED) is 0.600. The molecule has 3 N–H and O–H groups in total. The molecule has 0 bridgehead atoms. The molecule has 0 aliphatic carbocycles. The van der Waals surface area contributed by atoms with E-state index in [0.717, 1.165) is 5.69 Å². The van der Waals surface area contributed by atoms with Crippen LogP contribution in [0.1, 0.15) is 15.9 Å². The van der Waals surface area contributed by atoms with Crippen molar-refractivity contribution in [2.75, 3.05) is 35.7 Å². The van der Waals surface area contributed by atoms with Gasteiger partial charge in [-0.05, 0) is 35.9 Å². The highest BCUT2D eigenvalue weighted by Crippen LogP contribution is 2.29. The SMILES string of the molecule is C=CCNS(=O)(=O)Cc1ccc(NC(=O)c2ccc3c(c2)NC(=O)CN3C)cc1. The van der Waals surface area contributed by atoms with Crippen molar-refractivity contribution in [2.24, 2.45) is 0 Å². The van der Waals surface area contributed by atoms with Crippen molar-refractivity contribution >= 4 is 38.9 Å². The Hall–Kier alpha value is -3.17. The molecule has 2 amide bonds. The molecule has 0 saturated heterocycles. The lowest BCUT2D eigenvalue weighted by Crippen LogP contribution is -2.35. The van der Waals surface area contributed by atoms with Gasteiger partial charge in [-0.25, -0.2) is 13.1 Å². The Bertz CT molecular complexity index is 1050. The molecule has 0 saturated carbocycles. The first kappa shape index (κ1) is 20.6. The van der Waals surface area contributed by atoms with E-state index in [4.69, 9.17) is 0 Å². The zero-order valence-corrected chi connectivity index (χ0v) is 16.8. The van der Waals surface area contributed by atoms with Crippen molar-refractivity contribution in [3.63, 3.8) is 0 Å². The van der Waals surface area contributed by atoms with Crippen molar-refractivity contribution in [1.82, 2.24) is 4.72 Å². The van der Waals surface area contributed by atoms with Gasteiger partial charge in [-0.15, -0.1) is 6.58 Å². The van der Waals surface area contributed by atoms with Crippen LogP contribution < -0.4 is 20.3 Å². The number of anilines is 3. The molecule has 8 nitrogen and oxygen atoms in total. The lowest BCUT2D eigenvalue weighted by molar-refractivity contribution is -0.115. The fourth-order valence-corrected chi connectivity index (χ4v) is 4.05. The summed E-state index contributed by atoms with van der Waals surface area (Å²) in [4.78, 5) is 26.0. The minimum absolute atomic E-state index is 0.134. The van der Waals surface area contributed by atoms with E-state index in [1.807, 2.05) is 11.9 Å². The van der Waals surface area contributed by atoms with E-state index < -0.39 is 10.0 Å². The number of nitrogens with one attached hydrogen (secondary N) is 3. The highest BCUT2D eigenvalue weighted by atomic mass is 32.2. The summed E-state index contributed by atoms with van der Waals surface area (Å²) in [5.41, 5.74) is 2.97. The molecule has 3 rings (SSSR count). The number of sulfonamides is 1. The van der Waals surface area contributed by atoms with Gasteiger partial charge in [-0.3, -0.25) is 9.59 Å². The minimum atomic E-state index is -3.44. The van der Waals surface area contributed by atoms with Crippen molar-refractivity contribution in [3.8, 4) is 0 Å². The van der Waals surface area contributed by atoms with Crippen LogP contribution in [0.5, 0.6) is 0 Å². The van der Waals surface area contributed by atoms with Crippen LogP contribution in [0.15, 0.2) is 55.1 Å². The largest absolute Gasteiger partial charge is 0.364 e. The van der Waals surface area contributed by atoms with E-state index in [1.165, 1.54) is 6.08 Å². The molecule has 0 unspecified atom stereocenters. The summed E-state index contributed by atoms with van der Waals surface area (Å²) >= 11 is 0. The van der Waals surface area contributed by atoms with Crippen LogP contribution in [0.4, 0.5) is 17.1 Å². The molecule has 1 heterocycles. The molecule has 0 fully saturated rings. The zero-order chi connectivity index (χ0) is 21.0. The molecule has 2 aromatic carbocycles. The maximum atomic E-state index is 12.5. The highest BCUT2D eigenvalue weighted by molar-refractivity contribution is 7.88. The third-order valence-electron chi connectivity index (χ3n) is 4.34. The van der Waals surface area contributed by atoms with Crippen LogP contribution in [0.3, 0.4) is 0 Å². The number of nitrogens with zero attached hydrogens (tertiary/aromatic N) is 1. The van der Waals surface area contributed by atoms with Crippen molar-refractivity contribution in [2.45, 2.75) is 5.75 Å². The number of rotatable bonds is 7. The van der Waals surface area contributed by atoms with Gasteiger partial charge in [-0.2, -0.15) is 0 Å². The number of amides is 2. The second-order valence-electron chi connectivity index (χ2n) is 6.68. The molecular formula is C20H22N4O4S. The standard InChI is InChI=1S/C20H22N4O4S/c1-3-10-21-29(27,28)13-14-4-7-16(8-5-14)22-20(26)15-6-9-18-17(11-15)23-19(25)12-24(18)2/h3-9,11,21H,1,10,12-13H2,2H3,(H,22,26)(H,23,25). The van der Waals surface area contributed by atoms with Gasteiger partial charge in [-0.1, -0.05) is 18.2 Å². The Morgan fingerprint density at radius 2 is 1.97 bits per heavy atom. The van der Waals surface area contributed by atoms with Crippen molar-refractivity contribution < 1.29 is 18.0 Å². The van der Waals surface area contributed by atoms with Gasteiger partial charge >= 0.3 is 0 Å². The summed E-state index contributed by atoms with van der Waals surface area (Å²) < 4.78 is 26.2. The second-order valence-corrected chi connectivity index (χ2v) is 8.49. The maximum absolute atomic E-state index is 12.5. The first-order valence-corrected chi connectivity index (χ1v) is 10.6. The molecule has 0 spiro atoms. The van der Waals surface area contributed by atoms with Crippen LogP contribution in [0.2, 0.25) is 0 Å². The molecule has 29 heavy (non-hydrogen) atoms. The number of carbonyl (C=O) groups is 2. The number of likely N-dealkylation sites (N-methyl/N-ethyl adjacent to an activating group) is 1. The Kier molecular flexibility index (Phi) is 6.00. The lowest BCUT2D eigenvalue weighted by atomic mass is 10.1. The first-order chi connectivity index (χ1) is 13.8. The number of hydrogen-bond donors (Lipinski definition) is 3. The van der Waals surface area contributed by atoms with Crippen LogP contribution in [0, 0.1) is 0 Å². The van der Waals surface area contributed by atoms with Gasteiger partial charge < -0.3 is 15.5 Å². The Morgan fingerprint density at radius 3 is 2.66 bits per heavy atom. The van der Waals surface area contributed by atoms with Crippen LogP contribution >= 0.6 is 0 Å². The lowest BCUT2D eigenvalue weighted by Gasteiger charge is -2.27. The van der Waals surface area contributed by atoms with Gasteiger partial charge in [0.05, 0.1) is 23.7 Å². The average molecular weight is 414 g/mol. The smallest absolute Gasteiger partial charge is 0.255 e. The van der Waals surface area contributed by atoms with Gasteiger partial charge in [0, 0.05) is 24.8 Å². The van der Waals surface area contributed by atoms with Gasteiger partial charge in [0.15, 0.2) is 0 Å². The molecule has 0 atom stereocenters. The maximum Gasteiger partial charge on any atom is 0.255 e. The summed E-state index contributed by atoms with van der Waals surface area (Å²) in [5, 5.41) is 5.53. The molecule has 1 aliphatic rings. The van der Waals surface area contributed by atoms with Crippen LogP contribution in [-0.2, 0) is 20.6 Å². The third-order valence-corrected chi connectivity index (χ3v) is 5.66. The van der Waals surface area contributed by atoms with Gasteiger partial charge in [0.1, 0.15) is 0 Å². The molecule has 1 aliphatic heterocycles. The fourth-order valence-electron chi connectivity index (χ4n) is 2.94. The molecule has 152 valence electrons. The van der Waals surface area contributed by atoms with E-state index in [0.29, 0.717) is 22.5 Å². The summed E-state index contributed by atoms with van der Waals surface area (Å²) in [6, 6.07) is 11.7. The van der Waals surface area contributed by atoms with E-state index >= 15 is 0 Å². The molecule has 0 radical (unpaired) electrons. The van der Waals surface area contributed by atoms with E-state index in [9.17, 15) is 18.0 Å². The zero-order valence-electron chi connectivity index (χ0n) is 15.9. The van der Waals surface area contributed by atoms with Crippen LogP contribution in [0.25, 0.3) is 0 Å². The second kappa shape index (κ2) is 8.46. The van der Waals surface area contributed by atoms with Crippen molar-refractivity contribution in [1.29, 1.82) is 0 Å². The Morgan fingerprint density at radius 1 is 1.24 bits per heavy atom. The first-order valence-electron chi connectivity index (χ1n) is 8.91. The molecule has 9 heteroatoms. The normalized spacial score (nSPS) is 13.4. The van der Waals surface area contributed by atoms with Crippen molar-refractivity contribution in [3.05, 3.63) is 66.2 Å². The number of hydrogen-bond acceptors (Lipinski definition) is 5. The van der Waals surface area contributed by atoms with Gasteiger partial charge in [0.2, 0.25) is 15.9 Å². The third kappa shape index (κ3) is 5.21. The summed E-state index contributed by atoms with van der Waals surface area (Å²) in [6.07, 6.45) is 1.47. The number of fused-ring (bicyclic) bond motifs is 1. The van der Waals surface area contributed by atoms with E-state index in [1.54, 1.807) is 42.5 Å². The molecule has 0 aromatic heterocycles. The number of carbonyl (C=O) groups excluding carboxylic acids is 2. The summed E-state index contributed by atoms with van der Waals surface area (Å²) in [5.74, 6) is -0.624. The molecule has 2 aromatic rings. The number of benzene rings is 2. The Balaban J connectivity index is 1.68. The predicted molar refractivity (Wildman–Crippen MR) is 114 cm³/mol. The monoisotopic (exact) mass is 414 g/mol. The average Bonchev–Trinajstić information content (AvgIpc) is 2.67. The topological polar surface area (TPSA) is 108 Å². The summed E-state index contributed by atoms with van der Waals surface area (Å²) in [7, 11) is -1.63. The predicted octanol–water partition coefficient (Wildman–Crippen LogP) is 1.93.